The summed E-state index contributed by atoms with van der Waals surface area (Å²) in [6, 6.07) is 13.4. The van der Waals surface area contributed by atoms with Crippen molar-refractivity contribution in [3.63, 3.8) is 0 Å². The summed E-state index contributed by atoms with van der Waals surface area (Å²) in [5.74, 6) is 0.00191. The Labute approximate surface area is 148 Å². The minimum atomic E-state index is -3.63. The summed E-state index contributed by atoms with van der Waals surface area (Å²) in [7, 11) is -3.63. The van der Waals surface area contributed by atoms with E-state index in [0.29, 0.717) is 11.3 Å². The van der Waals surface area contributed by atoms with E-state index in [1.807, 2.05) is 24.0 Å². The van der Waals surface area contributed by atoms with Gasteiger partial charge in [-0.2, -0.15) is 0 Å². The highest BCUT2D eigenvalue weighted by Crippen LogP contribution is 2.19. The molecule has 0 aliphatic carbocycles. The topological polar surface area (TPSA) is 66.5 Å². The summed E-state index contributed by atoms with van der Waals surface area (Å²) in [6.07, 6.45) is 2.95. The second-order valence-electron chi connectivity index (χ2n) is 6.18. The molecule has 0 atom stereocenters. The van der Waals surface area contributed by atoms with Gasteiger partial charge in [-0.25, -0.2) is 8.42 Å². The number of carbonyl (C=O) groups excluding carboxylic acids is 1. The monoisotopic (exact) mass is 358 g/mol. The third-order valence-electron chi connectivity index (χ3n) is 4.42. The van der Waals surface area contributed by atoms with Crippen LogP contribution in [0.5, 0.6) is 0 Å². The molecule has 1 saturated heterocycles. The maximum atomic E-state index is 12.4. The lowest BCUT2D eigenvalue weighted by molar-refractivity contribution is 0.0793. The molecule has 0 spiro atoms. The highest BCUT2D eigenvalue weighted by atomic mass is 32.2. The Kier molecular flexibility index (Phi) is 5.08. The Hall–Kier alpha value is -2.34. The lowest BCUT2D eigenvalue weighted by Crippen LogP contribution is -2.27. The number of hydrogen-bond acceptors (Lipinski definition) is 3. The molecule has 1 aliphatic heterocycles. The lowest BCUT2D eigenvalue weighted by atomic mass is 10.2. The van der Waals surface area contributed by atoms with Gasteiger partial charge in [0.1, 0.15) is 0 Å². The fraction of sp³-hybridized carbons (Fsp3) is 0.316. The quantitative estimate of drug-likeness (QED) is 0.892. The Morgan fingerprint density at radius 2 is 1.60 bits per heavy atom. The van der Waals surface area contributed by atoms with Crippen molar-refractivity contribution in [3.05, 3.63) is 59.7 Å². The Bertz CT molecular complexity index is 837. The van der Waals surface area contributed by atoms with Gasteiger partial charge in [0.15, 0.2) is 0 Å². The largest absolute Gasteiger partial charge is 0.339 e. The summed E-state index contributed by atoms with van der Waals surface area (Å²) < 4.78 is 27.4. The van der Waals surface area contributed by atoms with E-state index in [1.54, 1.807) is 36.4 Å². The van der Waals surface area contributed by atoms with E-state index < -0.39 is 10.0 Å². The molecule has 0 bridgehead atoms. The van der Waals surface area contributed by atoms with Crippen molar-refractivity contribution < 1.29 is 13.2 Å². The van der Waals surface area contributed by atoms with Gasteiger partial charge in [-0.05, 0) is 61.2 Å². The van der Waals surface area contributed by atoms with E-state index in [9.17, 15) is 13.2 Å². The number of hydrogen-bond donors (Lipinski definition) is 1. The van der Waals surface area contributed by atoms with Crippen LogP contribution in [0.3, 0.4) is 0 Å². The van der Waals surface area contributed by atoms with Crippen LogP contribution in [-0.2, 0) is 16.4 Å². The Morgan fingerprint density at radius 1 is 1.00 bits per heavy atom. The molecule has 1 heterocycles. The van der Waals surface area contributed by atoms with Crippen LogP contribution >= 0.6 is 0 Å². The first-order chi connectivity index (χ1) is 12.0. The number of amides is 1. The fourth-order valence-electron chi connectivity index (χ4n) is 2.90. The number of sulfonamides is 1. The number of carbonyl (C=O) groups is 1. The maximum Gasteiger partial charge on any atom is 0.261 e. The molecule has 1 aliphatic rings. The van der Waals surface area contributed by atoms with Crippen molar-refractivity contribution in [1.82, 2.24) is 4.90 Å². The van der Waals surface area contributed by atoms with E-state index in [1.165, 1.54) is 0 Å². The zero-order chi connectivity index (χ0) is 17.9. The van der Waals surface area contributed by atoms with Gasteiger partial charge in [-0.3, -0.25) is 9.52 Å². The number of nitrogens with zero attached hydrogens (tertiary/aromatic N) is 1. The Balaban J connectivity index is 1.72. The number of rotatable bonds is 5. The normalized spacial score (nSPS) is 14.5. The Morgan fingerprint density at radius 3 is 2.16 bits per heavy atom. The zero-order valence-corrected chi connectivity index (χ0v) is 15.1. The van der Waals surface area contributed by atoms with Crippen LogP contribution in [-0.4, -0.2) is 32.3 Å². The predicted octanol–water partition coefficient (Wildman–Crippen LogP) is 3.29. The fourth-order valence-corrected chi connectivity index (χ4v) is 3.96. The molecule has 1 fully saturated rings. The first kappa shape index (κ1) is 17.5. The van der Waals surface area contributed by atoms with Crippen molar-refractivity contribution in [3.8, 4) is 0 Å². The van der Waals surface area contributed by atoms with Gasteiger partial charge in [-0.15, -0.1) is 0 Å². The molecule has 0 aromatic heterocycles. The van der Waals surface area contributed by atoms with Crippen molar-refractivity contribution in [1.29, 1.82) is 0 Å². The van der Waals surface area contributed by atoms with Crippen molar-refractivity contribution >= 4 is 21.6 Å². The van der Waals surface area contributed by atoms with E-state index in [2.05, 4.69) is 4.72 Å². The van der Waals surface area contributed by atoms with Gasteiger partial charge in [-0.1, -0.05) is 19.1 Å². The van der Waals surface area contributed by atoms with Gasteiger partial charge in [0.25, 0.3) is 15.9 Å². The molecule has 0 radical (unpaired) electrons. The SMILES string of the molecule is CCc1ccc(S(=O)(=O)Nc2ccc(C(=O)N3CCCC3)cc2)cc1. The summed E-state index contributed by atoms with van der Waals surface area (Å²) in [6.45, 7) is 3.61. The average molecular weight is 358 g/mol. The van der Waals surface area contributed by atoms with Crippen LogP contribution < -0.4 is 4.72 Å². The highest BCUT2D eigenvalue weighted by Gasteiger charge is 2.19. The summed E-state index contributed by atoms with van der Waals surface area (Å²) in [4.78, 5) is 14.4. The van der Waals surface area contributed by atoms with Gasteiger partial charge in [0, 0.05) is 24.3 Å². The van der Waals surface area contributed by atoms with Gasteiger partial charge >= 0.3 is 0 Å². The van der Waals surface area contributed by atoms with Crippen LogP contribution in [0, 0.1) is 0 Å². The van der Waals surface area contributed by atoms with E-state index in [0.717, 1.165) is 37.9 Å². The van der Waals surface area contributed by atoms with Gasteiger partial charge in [0.05, 0.1) is 4.90 Å². The molecule has 0 saturated carbocycles. The number of likely N-dealkylation sites (tertiary alicyclic amines) is 1. The molecule has 1 N–H and O–H groups in total. The average Bonchev–Trinajstić information content (AvgIpc) is 3.16. The summed E-state index contributed by atoms with van der Waals surface area (Å²) in [5.41, 5.74) is 2.11. The molecule has 6 heteroatoms. The predicted molar refractivity (Wildman–Crippen MR) is 98.2 cm³/mol. The summed E-state index contributed by atoms with van der Waals surface area (Å²) in [5, 5.41) is 0. The summed E-state index contributed by atoms with van der Waals surface area (Å²) >= 11 is 0. The number of anilines is 1. The first-order valence-corrected chi connectivity index (χ1v) is 9.99. The minimum absolute atomic E-state index is 0.00191. The second-order valence-corrected chi connectivity index (χ2v) is 7.86. The van der Waals surface area contributed by atoms with Crippen LogP contribution in [0.1, 0.15) is 35.7 Å². The molecule has 1 amide bonds. The van der Waals surface area contributed by atoms with Gasteiger partial charge < -0.3 is 4.90 Å². The molecular weight excluding hydrogens is 336 g/mol. The third-order valence-corrected chi connectivity index (χ3v) is 5.82. The van der Waals surface area contributed by atoms with E-state index in [4.69, 9.17) is 0 Å². The van der Waals surface area contributed by atoms with Crippen molar-refractivity contribution in [2.24, 2.45) is 0 Å². The highest BCUT2D eigenvalue weighted by molar-refractivity contribution is 7.92. The van der Waals surface area contributed by atoms with Crippen LogP contribution in [0.15, 0.2) is 53.4 Å². The lowest BCUT2D eigenvalue weighted by Gasteiger charge is -2.15. The zero-order valence-electron chi connectivity index (χ0n) is 14.2. The molecule has 2 aromatic carbocycles. The molecule has 25 heavy (non-hydrogen) atoms. The van der Waals surface area contributed by atoms with E-state index >= 15 is 0 Å². The molecule has 2 aromatic rings. The van der Waals surface area contributed by atoms with Crippen LogP contribution in [0.25, 0.3) is 0 Å². The molecular formula is C19H22N2O3S. The number of benzene rings is 2. The van der Waals surface area contributed by atoms with Crippen LogP contribution in [0.2, 0.25) is 0 Å². The maximum absolute atomic E-state index is 12.4. The molecule has 3 rings (SSSR count). The van der Waals surface area contributed by atoms with Gasteiger partial charge in [0.2, 0.25) is 0 Å². The van der Waals surface area contributed by atoms with Crippen molar-refractivity contribution in [2.75, 3.05) is 17.8 Å². The smallest absolute Gasteiger partial charge is 0.261 e. The molecule has 132 valence electrons. The van der Waals surface area contributed by atoms with E-state index in [-0.39, 0.29) is 10.8 Å². The number of nitrogens with one attached hydrogen (secondary N) is 1. The minimum Gasteiger partial charge on any atom is -0.339 e. The van der Waals surface area contributed by atoms with Crippen LogP contribution in [0.4, 0.5) is 5.69 Å². The number of aryl methyl sites for hydroxylation is 1. The standard InChI is InChI=1S/C19H22N2O3S/c1-2-15-5-11-18(12-6-15)25(23,24)20-17-9-7-16(8-10-17)19(22)21-13-3-4-14-21/h5-12,20H,2-4,13-14H2,1H3. The second kappa shape index (κ2) is 7.27. The first-order valence-electron chi connectivity index (χ1n) is 8.51. The molecule has 5 nitrogen and oxygen atoms in total. The molecule has 0 unspecified atom stereocenters. The third kappa shape index (κ3) is 4.02. The van der Waals surface area contributed by atoms with Crippen molar-refractivity contribution in [2.45, 2.75) is 31.1 Å².